The predicted molar refractivity (Wildman–Crippen MR) is 116 cm³/mol. The Kier molecular flexibility index (Phi) is 4.60. The molecule has 0 aliphatic carbocycles. The normalized spacial score (nSPS) is 19.1. The molecule has 0 bridgehead atoms. The standard InChI is InChI=1S/C23H17N5O5/c1-33-16-4-2-15-11-28(20(30)17(15)9-16)12-23(21(31)26-22(32)27-23)7-6-13-8-14-3-5-18(29)25-19(14)24-10-13/h2-5,8-10H,11-12H2,1H3,(H,24,25,29)(H2,26,27,31,32)/t23-/m1/s1. The van der Waals surface area contributed by atoms with Gasteiger partial charge < -0.3 is 19.9 Å². The molecule has 164 valence electrons. The number of H-pyrrole nitrogens is 1. The summed E-state index contributed by atoms with van der Waals surface area (Å²) in [6.45, 7) is 0.136. The number of aromatic nitrogens is 2. The average Bonchev–Trinajstić information content (AvgIpc) is 3.26. The zero-order chi connectivity index (χ0) is 23.2. The number of carbonyl (C=O) groups excluding carboxylic acids is 3. The van der Waals surface area contributed by atoms with Crippen LogP contribution in [0.2, 0.25) is 0 Å². The van der Waals surface area contributed by atoms with Crippen molar-refractivity contribution in [2.45, 2.75) is 12.1 Å². The average molecular weight is 443 g/mol. The van der Waals surface area contributed by atoms with E-state index in [-0.39, 0.29) is 24.6 Å². The van der Waals surface area contributed by atoms with E-state index in [1.807, 2.05) is 0 Å². The molecule has 0 spiro atoms. The number of urea groups is 1. The van der Waals surface area contributed by atoms with Gasteiger partial charge in [0.25, 0.3) is 11.8 Å². The highest BCUT2D eigenvalue weighted by Gasteiger charge is 2.48. The van der Waals surface area contributed by atoms with E-state index in [4.69, 9.17) is 4.74 Å². The smallest absolute Gasteiger partial charge is 0.323 e. The van der Waals surface area contributed by atoms with Gasteiger partial charge in [0.15, 0.2) is 0 Å². The lowest BCUT2D eigenvalue weighted by molar-refractivity contribution is -0.122. The topological polar surface area (TPSA) is 133 Å². The molecule has 4 amide bonds. The summed E-state index contributed by atoms with van der Waals surface area (Å²) in [4.78, 5) is 57.4. The Labute approximate surface area is 187 Å². The molecule has 3 aromatic rings. The molecule has 4 heterocycles. The summed E-state index contributed by atoms with van der Waals surface area (Å²) in [6, 6.07) is 9.21. The molecule has 0 saturated carbocycles. The zero-order valence-electron chi connectivity index (χ0n) is 17.4. The van der Waals surface area contributed by atoms with E-state index in [9.17, 15) is 19.2 Å². The molecule has 0 radical (unpaired) electrons. The van der Waals surface area contributed by atoms with Gasteiger partial charge in [0.2, 0.25) is 11.1 Å². The highest BCUT2D eigenvalue weighted by atomic mass is 16.5. The Morgan fingerprint density at radius 2 is 2.00 bits per heavy atom. The zero-order valence-corrected chi connectivity index (χ0v) is 17.4. The van der Waals surface area contributed by atoms with E-state index < -0.39 is 17.5 Å². The van der Waals surface area contributed by atoms with Gasteiger partial charge in [-0.05, 0) is 29.8 Å². The van der Waals surface area contributed by atoms with Crippen LogP contribution in [-0.2, 0) is 11.3 Å². The maximum atomic E-state index is 13.0. The second kappa shape index (κ2) is 7.49. The predicted octanol–water partition coefficient (Wildman–Crippen LogP) is 0.517. The summed E-state index contributed by atoms with van der Waals surface area (Å²) in [7, 11) is 1.52. The van der Waals surface area contributed by atoms with Crippen LogP contribution in [0.25, 0.3) is 11.0 Å². The fourth-order valence-corrected chi connectivity index (χ4v) is 3.90. The second-order valence-electron chi connectivity index (χ2n) is 7.73. The summed E-state index contributed by atoms with van der Waals surface area (Å²) in [5.74, 6) is 5.35. The van der Waals surface area contributed by atoms with Crippen LogP contribution in [-0.4, -0.2) is 51.9 Å². The monoisotopic (exact) mass is 443 g/mol. The number of methoxy groups -OCH3 is 1. The van der Waals surface area contributed by atoms with Gasteiger partial charge in [-0.25, -0.2) is 9.78 Å². The first kappa shape index (κ1) is 20.3. The lowest BCUT2D eigenvalue weighted by Crippen LogP contribution is -2.54. The Balaban J connectivity index is 1.47. The summed E-state index contributed by atoms with van der Waals surface area (Å²) in [5, 5.41) is 5.43. The first-order chi connectivity index (χ1) is 15.9. The van der Waals surface area contributed by atoms with Crippen LogP contribution >= 0.6 is 0 Å². The van der Waals surface area contributed by atoms with E-state index in [1.54, 1.807) is 30.3 Å². The van der Waals surface area contributed by atoms with Crippen LogP contribution in [0.3, 0.4) is 0 Å². The lowest BCUT2D eigenvalue weighted by Gasteiger charge is -2.26. The van der Waals surface area contributed by atoms with Crippen LogP contribution in [0.1, 0.15) is 21.5 Å². The minimum atomic E-state index is -1.63. The molecule has 3 N–H and O–H groups in total. The SMILES string of the molecule is COc1ccc2c(c1)C(=O)N(C[C@@]1(C#Cc3cnc4[nH]c(=O)ccc4c3)NC(=O)NC1=O)C2. The van der Waals surface area contributed by atoms with Gasteiger partial charge in [-0.2, -0.15) is 0 Å². The van der Waals surface area contributed by atoms with Gasteiger partial charge in [-0.3, -0.25) is 19.7 Å². The van der Waals surface area contributed by atoms with E-state index in [2.05, 4.69) is 32.4 Å². The molecule has 2 aliphatic heterocycles. The van der Waals surface area contributed by atoms with E-state index in [0.717, 1.165) is 5.56 Å². The minimum absolute atomic E-state index is 0.137. The van der Waals surface area contributed by atoms with Crippen LogP contribution < -0.4 is 20.9 Å². The fourth-order valence-electron chi connectivity index (χ4n) is 3.90. The first-order valence-corrected chi connectivity index (χ1v) is 9.99. The van der Waals surface area contributed by atoms with Crippen molar-refractivity contribution in [1.29, 1.82) is 0 Å². The number of nitrogens with one attached hydrogen (secondary N) is 3. The van der Waals surface area contributed by atoms with E-state index in [1.165, 1.54) is 24.3 Å². The largest absolute Gasteiger partial charge is 0.497 e. The molecule has 33 heavy (non-hydrogen) atoms. The number of hydrogen-bond acceptors (Lipinski definition) is 6. The van der Waals surface area contributed by atoms with Gasteiger partial charge in [0.05, 0.1) is 13.7 Å². The van der Waals surface area contributed by atoms with Gasteiger partial charge in [0.1, 0.15) is 11.4 Å². The molecule has 1 aromatic carbocycles. The fraction of sp³-hybridized carbons (Fsp3) is 0.174. The third-order valence-corrected chi connectivity index (χ3v) is 5.56. The molecule has 1 fully saturated rings. The number of aromatic amines is 1. The number of rotatable bonds is 3. The molecule has 1 saturated heterocycles. The summed E-state index contributed by atoms with van der Waals surface area (Å²) >= 11 is 0. The van der Waals surface area contributed by atoms with E-state index >= 15 is 0 Å². The summed E-state index contributed by atoms with van der Waals surface area (Å²) < 4.78 is 5.19. The molecular formula is C23H17N5O5. The molecule has 5 rings (SSSR count). The second-order valence-corrected chi connectivity index (χ2v) is 7.73. The molecule has 1 atom stereocenters. The Bertz CT molecular complexity index is 1470. The number of ether oxygens (including phenoxy) is 1. The summed E-state index contributed by atoms with van der Waals surface area (Å²) in [5.41, 5.74) is 0.260. The third-order valence-electron chi connectivity index (χ3n) is 5.56. The van der Waals surface area contributed by atoms with Crippen molar-refractivity contribution < 1.29 is 19.1 Å². The molecular weight excluding hydrogens is 426 g/mol. The van der Waals surface area contributed by atoms with Crippen LogP contribution in [0.15, 0.2) is 47.4 Å². The van der Waals surface area contributed by atoms with Gasteiger partial charge >= 0.3 is 6.03 Å². The number of benzene rings is 1. The Morgan fingerprint density at radius 3 is 2.76 bits per heavy atom. The summed E-state index contributed by atoms with van der Waals surface area (Å²) in [6.07, 6.45) is 1.46. The van der Waals surface area contributed by atoms with Crippen molar-refractivity contribution in [2.24, 2.45) is 0 Å². The molecule has 0 unspecified atom stereocenters. The highest BCUT2D eigenvalue weighted by molar-refractivity contribution is 6.10. The van der Waals surface area contributed by atoms with Crippen LogP contribution in [0, 0.1) is 11.8 Å². The van der Waals surface area contributed by atoms with Crippen molar-refractivity contribution >= 4 is 28.9 Å². The first-order valence-electron chi connectivity index (χ1n) is 9.99. The van der Waals surface area contributed by atoms with Crippen molar-refractivity contribution in [3.05, 3.63) is 69.6 Å². The number of carbonyl (C=O) groups is 3. The number of imide groups is 1. The number of fused-ring (bicyclic) bond motifs is 2. The van der Waals surface area contributed by atoms with E-state index in [0.29, 0.717) is 27.9 Å². The van der Waals surface area contributed by atoms with Gasteiger partial charge in [-0.1, -0.05) is 17.9 Å². The number of amides is 4. The van der Waals surface area contributed by atoms with Gasteiger partial charge in [-0.15, -0.1) is 0 Å². The number of hydrogen-bond donors (Lipinski definition) is 3. The van der Waals surface area contributed by atoms with Crippen LogP contribution in [0.4, 0.5) is 4.79 Å². The number of pyridine rings is 2. The van der Waals surface area contributed by atoms with Crippen molar-refractivity contribution in [3.63, 3.8) is 0 Å². The van der Waals surface area contributed by atoms with Crippen molar-refractivity contribution in [1.82, 2.24) is 25.5 Å². The maximum absolute atomic E-state index is 13.0. The quantitative estimate of drug-likeness (QED) is 0.399. The third kappa shape index (κ3) is 3.55. The highest BCUT2D eigenvalue weighted by Crippen LogP contribution is 2.28. The van der Waals surface area contributed by atoms with Crippen LogP contribution in [0.5, 0.6) is 5.75 Å². The molecule has 10 nitrogen and oxygen atoms in total. The molecule has 2 aliphatic rings. The van der Waals surface area contributed by atoms with Crippen molar-refractivity contribution in [2.75, 3.05) is 13.7 Å². The lowest BCUT2D eigenvalue weighted by atomic mass is 9.99. The van der Waals surface area contributed by atoms with Gasteiger partial charge in [0, 0.05) is 35.3 Å². The molecule has 10 heteroatoms. The minimum Gasteiger partial charge on any atom is -0.497 e. The Hall–Kier alpha value is -4.65. The Morgan fingerprint density at radius 1 is 1.15 bits per heavy atom. The number of nitrogens with zero attached hydrogens (tertiary/aromatic N) is 2. The maximum Gasteiger partial charge on any atom is 0.323 e. The van der Waals surface area contributed by atoms with Crippen molar-refractivity contribution in [3.8, 4) is 17.6 Å². The molecule has 2 aromatic heterocycles.